The van der Waals surface area contributed by atoms with Crippen LogP contribution >= 0.6 is 0 Å². The summed E-state index contributed by atoms with van der Waals surface area (Å²) < 4.78 is 14.9. The molecule has 0 radical (unpaired) electrons. The van der Waals surface area contributed by atoms with E-state index in [9.17, 15) is 24.3 Å². The third-order valence-corrected chi connectivity index (χ3v) is 3.67. The number of carbonyl (C=O) groups is 4. The molecule has 154 valence electrons. The quantitative estimate of drug-likeness (QED) is 0.483. The molecule has 1 aliphatic rings. The van der Waals surface area contributed by atoms with Crippen molar-refractivity contribution in [1.82, 2.24) is 10.6 Å². The minimum Gasteiger partial charge on any atom is -0.481 e. The molecule has 4 unspecified atom stereocenters. The summed E-state index contributed by atoms with van der Waals surface area (Å²) in [5, 5.41) is 14.3. The minimum absolute atomic E-state index is 0.797. The van der Waals surface area contributed by atoms with Gasteiger partial charge in [0.15, 0.2) is 0 Å². The standard InChI is InChI=1S/C17H28N2O8/c1-16(2,3)26-14(23)18-10-8(12(20)21)9(13(22)25-7)11(10)19-15(24)27-17(4,5)6/h8-11H,1-7H3,(H,18,23)(H,19,24)(H,20,21). The van der Waals surface area contributed by atoms with Gasteiger partial charge in [-0.25, -0.2) is 9.59 Å². The van der Waals surface area contributed by atoms with Crippen LogP contribution in [0, 0.1) is 11.8 Å². The van der Waals surface area contributed by atoms with Gasteiger partial charge in [0.25, 0.3) is 0 Å². The van der Waals surface area contributed by atoms with E-state index < -0.39 is 59.2 Å². The predicted molar refractivity (Wildman–Crippen MR) is 92.9 cm³/mol. The summed E-state index contributed by atoms with van der Waals surface area (Å²) >= 11 is 0. The fourth-order valence-corrected chi connectivity index (χ4v) is 2.73. The zero-order valence-electron chi connectivity index (χ0n) is 16.6. The van der Waals surface area contributed by atoms with Gasteiger partial charge in [0.2, 0.25) is 0 Å². The van der Waals surface area contributed by atoms with Crippen LogP contribution in [-0.4, -0.2) is 59.6 Å². The highest BCUT2D eigenvalue weighted by Gasteiger charge is 2.60. The molecule has 1 rings (SSSR count). The monoisotopic (exact) mass is 388 g/mol. The smallest absolute Gasteiger partial charge is 0.407 e. The molecule has 1 saturated carbocycles. The van der Waals surface area contributed by atoms with Crippen molar-refractivity contribution in [2.24, 2.45) is 11.8 Å². The molecule has 0 bridgehead atoms. The van der Waals surface area contributed by atoms with Crippen LogP contribution in [0.5, 0.6) is 0 Å². The van der Waals surface area contributed by atoms with E-state index in [0.29, 0.717) is 0 Å². The van der Waals surface area contributed by atoms with Crippen molar-refractivity contribution in [2.45, 2.75) is 64.8 Å². The first-order chi connectivity index (χ1) is 12.2. The molecular formula is C17H28N2O8. The fraction of sp³-hybridized carbons (Fsp3) is 0.765. The van der Waals surface area contributed by atoms with Gasteiger partial charge >= 0.3 is 24.1 Å². The number of aliphatic carboxylic acids is 1. The van der Waals surface area contributed by atoms with Crippen molar-refractivity contribution in [3.05, 3.63) is 0 Å². The Morgan fingerprint density at radius 3 is 1.44 bits per heavy atom. The number of carboxylic acids is 1. The van der Waals surface area contributed by atoms with Crippen LogP contribution in [0.4, 0.5) is 9.59 Å². The van der Waals surface area contributed by atoms with Crippen molar-refractivity contribution in [1.29, 1.82) is 0 Å². The Labute approximate surface area is 157 Å². The molecule has 2 amide bonds. The average molecular weight is 388 g/mol. The van der Waals surface area contributed by atoms with E-state index in [1.807, 2.05) is 0 Å². The van der Waals surface area contributed by atoms with Gasteiger partial charge in [0.05, 0.1) is 31.0 Å². The van der Waals surface area contributed by atoms with Gasteiger partial charge in [-0.2, -0.15) is 0 Å². The third-order valence-electron chi connectivity index (χ3n) is 3.67. The van der Waals surface area contributed by atoms with Crippen LogP contribution in [0.15, 0.2) is 0 Å². The van der Waals surface area contributed by atoms with E-state index in [4.69, 9.17) is 9.47 Å². The molecule has 10 nitrogen and oxygen atoms in total. The Bertz CT molecular complexity index is 605. The topological polar surface area (TPSA) is 140 Å². The molecule has 3 N–H and O–H groups in total. The zero-order valence-corrected chi connectivity index (χ0v) is 16.6. The highest BCUT2D eigenvalue weighted by atomic mass is 16.6. The number of rotatable bonds is 4. The Kier molecular flexibility index (Phi) is 6.68. The van der Waals surface area contributed by atoms with Crippen molar-refractivity contribution in [3.63, 3.8) is 0 Å². The summed E-state index contributed by atoms with van der Waals surface area (Å²) in [5.41, 5.74) is -1.60. The van der Waals surface area contributed by atoms with Crippen LogP contribution in [0.2, 0.25) is 0 Å². The van der Waals surface area contributed by atoms with E-state index in [0.717, 1.165) is 7.11 Å². The highest BCUT2D eigenvalue weighted by molar-refractivity contribution is 5.87. The van der Waals surface area contributed by atoms with E-state index in [2.05, 4.69) is 15.4 Å². The molecule has 1 aliphatic carbocycles. The summed E-state index contributed by atoms with van der Waals surface area (Å²) in [7, 11) is 1.11. The lowest BCUT2D eigenvalue weighted by Crippen LogP contribution is -2.73. The number of ether oxygens (including phenoxy) is 3. The van der Waals surface area contributed by atoms with Crippen molar-refractivity contribution in [3.8, 4) is 0 Å². The Balaban J connectivity index is 3.02. The summed E-state index contributed by atoms with van der Waals surface area (Å²) in [6.07, 6.45) is -1.71. The molecule has 27 heavy (non-hydrogen) atoms. The molecule has 0 spiro atoms. The highest BCUT2D eigenvalue weighted by Crippen LogP contribution is 2.37. The lowest BCUT2D eigenvalue weighted by Gasteiger charge is -2.48. The molecule has 4 atom stereocenters. The Morgan fingerprint density at radius 1 is 0.778 bits per heavy atom. The van der Waals surface area contributed by atoms with Gasteiger partial charge in [-0.1, -0.05) is 0 Å². The number of methoxy groups -OCH3 is 1. The van der Waals surface area contributed by atoms with E-state index in [1.54, 1.807) is 41.5 Å². The average Bonchev–Trinajstić information content (AvgIpc) is 2.43. The van der Waals surface area contributed by atoms with Crippen LogP contribution in [0.1, 0.15) is 41.5 Å². The predicted octanol–water partition coefficient (Wildman–Crippen LogP) is 1.28. The lowest BCUT2D eigenvalue weighted by molar-refractivity contribution is -0.168. The maximum atomic E-state index is 12.1. The maximum Gasteiger partial charge on any atom is 0.407 e. The van der Waals surface area contributed by atoms with Gasteiger partial charge in [0.1, 0.15) is 11.2 Å². The molecule has 0 aromatic rings. The number of carbonyl (C=O) groups excluding carboxylic acids is 3. The first-order valence-electron chi connectivity index (χ1n) is 8.46. The molecule has 0 heterocycles. The van der Waals surface area contributed by atoms with Gasteiger partial charge in [-0.05, 0) is 41.5 Å². The van der Waals surface area contributed by atoms with Gasteiger partial charge in [-0.3, -0.25) is 9.59 Å². The molecular weight excluding hydrogens is 360 g/mol. The molecule has 10 heteroatoms. The fourth-order valence-electron chi connectivity index (χ4n) is 2.73. The van der Waals surface area contributed by atoms with Crippen LogP contribution in [0.3, 0.4) is 0 Å². The number of hydrogen-bond donors (Lipinski definition) is 3. The summed E-state index contributed by atoms with van der Waals surface area (Å²) in [4.78, 5) is 47.8. The number of esters is 1. The second-order valence-corrected chi connectivity index (χ2v) is 8.26. The van der Waals surface area contributed by atoms with Crippen molar-refractivity contribution in [2.75, 3.05) is 7.11 Å². The van der Waals surface area contributed by atoms with Crippen LogP contribution in [-0.2, 0) is 23.8 Å². The molecule has 1 fully saturated rings. The van der Waals surface area contributed by atoms with Crippen molar-refractivity contribution < 1.29 is 38.5 Å². The van der Waals surface area contributed by atoms with Gasteiger partial charge < -0.3 is 30.0 Å². The van der Waals surface area contributed by atoms with Gasteiger partial charge in [-0.15, -0.1) is 0 Å². The van der Waals surface area contributed by atoms with Crippen LogP contribution < -0.4 is 10.6 Å². The molecule has 0 aromatic heterocycles. The third kappa shape index (κ3) is 6.30. The van der Waals surface area contributed by atoms with Crippen LogP contribution in [0.25, 0.3) is 0 Å². The first kappa shape index (κ1) is 22.5. The Hall–Kier alpha value is -2.52. The number of hydrogen-bond acceptors (Lipinski definition) is 7. The Morgan fingerprint density at radius 2 is 1.15 bits per heavy atom. The first-order valence-corrected chi connectivity index (χ1v) is 8.46. The normalized spacial score (nSPS) is 24.9. The number of carboxylic acid groups (broad SMARTS) is 1. The summed E-state index contributed by atoms with van der Waals surface area (Å²) in [6.45, 7) is 9.91. The largest absolute Gasteiger partial charge is 0.481 e. The number of nitrogens with one attached hydrogen (secondary N) is 2. The second-order valence-electron chi connectivity index (χ2n) is 8.26. The second kappa shape index (κ2) is 8.01. The SMILES string of the molecule is COC(=O)C1C(NC(=O)OC(C)(C)C)C(NC(=O)OC(C)(C)C)C1C(=O)O. The van der Waals surface area contributed by atoms with Gasteiger partial charge in [0, 0.05) is 0 Å². The summed E-state index contributed by atoms with van der Waals surface area (Å²) in [5.74, 6) is -4.59. The zero-order chi connectivity index (χ0) is 21.2. The number of alkyl carbamates (subject to hydrolysis) is 2. The van der Waals surface area contributed by atoms with E-state index >= 15 is 0 Å². The van der Waals surface area contributed by atoms with E-state index in [1.165, 1.54) is 0 Å². The van der Waals surface area contributed by atoms with Crippen molar-refractivity contribution >= 4 is 24.1 Å². The molecule has 0 aromatic carbocycles. The molecule has 0 aliphatic heterocycles. The number of amides is 2. The minimum atomic E-state index is -1.31. The van der Waals surface area contributed by atoms with E-state index in [-0.39, 0.29) is 0 Å². The lowest BCUT2D eigenvalue weighted by atomic mass is 9.64. The molecule has 0 saturated heterocycles. The summed E-state index contributed by atoms with van der Waals surface area (Å²) in [6, 6.07) is -2.10. The maximum absolute atomic E-state index is 12.1.